The lowest BCUT2D eigenvalue weighted by molar-refractivity contribution is -0.123. The molecular formula is C17H15F2NO4. The van der Waals surface area contributed by atoms with Gasteiger partial charge in [0, 0.05) is 18.7 Å². The Hall–Kier alpha value is -2.96. The van der Waals surface area contributed by atoms with E-state index in [4.69, 9.17) is 4.74 Å². The molecule has 1 amide bonds. The highest BCUT2D eigenvalue weighted by molar-refractivity contribution is 5.92. The lowest BCUT2D eigenvalue weighted by Gasteiger charge is -2.08. The Balaban J connectivity index is 2.23. The first-order valence-electron chi connectivity index (χ1n) is 6.97. The van der Waals surface area contributed by atoms with Crippen LogP contribution in [0.25, 0.3) is 11.1 Å². The van der Waals surface area contributed by atoms with Crippen LogP contribution in [0.1, 0.15) is 10.4 Å². The van der Waals surface area contributed by atoms with Crippen LogP contribution in [-0.2, 0) is 9.53 Å². The summed E-state index contributed by atoms with van der Waals surface area (Å²) < 4.78 is 37.7. The topological polar surface area (TPSA) is 64.6 Å². The van der Waals surface area contributed by atoms with Crippen molar-refractivity contribution in [3.63, 3.8) is 0 Å². The normalized spacial score (nSPS) is 10.2. The minimum Gasteiger partial charge on any atom is -0.497 e. The Morgan fingerprint density at radius 1 is 1.08 bits per heavy atom. The van der Waals surface area contributed by atoms with Crippen molar-refractivity contribution in [3.05, 3.63) is 53.6 Å². The predicted octanol–water partition coefficient (Wildman–Crippen LogP) is 2.54. The summed E-state index contributed by atoms with van der Waals surface area (Å²) in [5, 5.41) is 2.27. The first kappa shape index (κ1) is 17.4. The van der Waals surface area contributed by atoms with Crippen molar-refractivity contribution in [2.45, 2.75) is 0 Å². The van der Waals surface area contributed by atoms with Crippen LogP contribution in [0.3, 0.4) is 0 Å². The van der Waals surface area contributed by atoms with Gasteiger partial charge in [-0.15, -0.1) is 0 Å². The number of amides is 1. The van der Waals surface area contributed by atoms with Crippen LogP contribution in [0.2, 0.25) is 0 Å². The summed E-state index contributed by atoms with van der Waals surface area (Å²) in [6.45, 7) is -0.510. The molecular weight excluding hydrogens is 320 g/mol. The van der Waals surface area contributed by atoms with Crippen LogP contribution in [-0.4, -0.2) is 32.6 Å². The molecule has 0 unspecified atom stereocenters. The van der Waals surface area contributed by atoms with Crippen molar-refractivity contribution in [1.82, 2.24) is 5.32 Å². The van der Waals surface area contributed by atoms with Crippen molar-refractivity contribution in [3.8, 4) is 16.9 Å². The van der Waals surface area contributed by atoms with Crippen molar-refractivity contribution >= 4 is 11.9 Å². The maximum Gasteiger partial charge on any atom is 0.341 e. The number of ether oxygens (including phenoxy) is 2. The van der Waals surface area contributed by atoms with E-state index in [0.29, 0.717) is 5.75 Å². The number of hydrogen-bond donors (Lipinski definition) is 1. The number of benzene rings is 2. The molecule has 0 bridgehead atoms. The van der Waals surface area contributed by atoms with Crippen LogP contribution in [0, 0.1) is 11.6 Å². The highest BCUT2D eigenvalue weighted by atomic mass is 19.1. The first-order valence-corrected chi connectivity index (χ1v) is 6.97. The van der Waals surface area contributed by atoms with Crippen molar-refractivity contribution < 1.29 is 27.8 Å². The van der Waals surface area contributed by atoms with Gasteiger partial charge < -0.3 is 14.8 Å². The van der Waals surface area contributed by atoms with Crippen LogP contribution in [0.5, 0.6) is 5.75 Å². The molecule has 1 N–H and O–H groups in total. The molecule has 7 heteroatoms. The summed E-state index contributed by atoms with van der Waals surface area (Å²) in [4.78, 5) is 22.8. The van der Waals surface area contributed by atoms with E-state index in [1.165, 1.54) is 38.4 Å². The lowest BCUT2D eigenvalue weighted by atomic mass is 10.0. The molecule has 0 saturated carbocycles. The molecule has 2 aromatic carbocycles. The molecule has 0 heterocycles. The van der Waals surface area contributed by atoms with Gasteiger partial charge in [-0.3, -0.25) is 4.79 Å². The molecule has 0 aliphatic carbocycles. The molecule has 0 fully saturated rings. The second kappa shape index (κ2) is 7.54. The quantitative estimate of drug-likeness (QED) is 0.853. The van der Waals surface area contributed by atoms with Gasteiger partial charge in [-0.05, 0) is 29.8 Å². The van der Waals surface area contributed by atoms with E-state index < -0.39 is 30.1 Å². The number of carbonyl (C=O) groups is 2. The fourth-order valence-electron chi connectivity index (χ4n) is 1.99. The Kier molecular flexibility index (Phi) is 5.47. The third-order valence-corrected chi connectivity index (χ3v) is 3.29. The lowest BCUT2D eigenvalue weighted by Crippen LogP contribution is -2.25. The van der Waals surface area contributed by atoms with Crippen LogP contribution in [0.4, 0.5) is 8.78 Å². The van der Waals surface area contributed by atoms with Gasteiger partial charge in [-0.1, -0.05) is 6.07 Å². The van der Waals surface area contributed by atoms with Crippen molar-refractivity contribution in [1.29, 1.82) is 0 Å². The number of methoxy groups -OCH3 is 1. The monoisotopic (exact) mass is 335 g/mol. The zero-order chi connectivity index (χ0) is 17.7. The third kappa shape index (κ3) is 3.87. The van der Waals surface area contributed by atoms with Crippen molar-refractivity contribution in [2.24, 2.45) is 0 Å². The molecule has 24 heavy (non-hydrogen) atoms. The standard InChI is InChI=1S/C17H15F2NO4/c1-20-16(21)9-24-17(22)13-5-3-10(7-14(13)18)12-6-4-11(23-2)8-15(12)19/h3-8H,9H2,1-2H3,(H,20,21). The molecule has 0 radical (unpaired) electrons. The number of nitrogens with one attached hydrogen (secondary N) is 1. The SMILES string of the molecule is CNC(=O)COC(=O)c1ccc(-c2ccc(OC)cc2F)cc1F. The number of hydrogen-bond acceptors (Lipinski definition) is 4. The molecule has 0 aliphatic heterocycles. The average molecular weight is 335 g/mol. The number of rotatable bonds is 5. The Bertz CT molecular complexity index is 777. The van der Waals surface area contributed by atoms with E-state index in [9.17, 15) is 18.4 Å². The number of esters is 1. The first-order chi connectivity index (χ1) is 11.5. The second-order valence-corrected chi connectivity index (χ2v) is 4.79. The summed E-state index contributed by atoms with van der Waals surface area (Å²) in [7, 11) is 2.79. The maximum absolute atomic E-state index is 14.1. The van der Waals surface area contributed by atoms with Crippen LogP contribution in [0.15, 0.2) is 36.4 Å². The number of likely N-dealkylation sites (N-methyl/N-ethyl adjacent to an activating group) is 1. The Labute approximate surface area is 137 Å². The average Bonchev–Trinajstić information content (AvgIpc) is 2.58. The summed E-state index contributed by atoms with van der Waals surface area (Å²) in [6, 6.07) is 7.78. The molecule has 2 aromatic rings. The fraction of sp³-hybridized carbons (Fsp3) is 0.176. The smallest absolute Gasteiger partial charge is 0.341 e. The van der Waals surface area contributed by atoms with Gasteiger partial charge in [0.1, 0.15) is 17.4 Å². The van der Waals surface area contributed by atoms with E-state index in [1.54, 1.807) is 6.07 Å². The van der Waals surface area contributed by atoms with Gasteiger partial charge in [0.05, 0.1) is 12.7 Å². The number of carbonyl (C=O) groups excluding carboxylic acids is 2. The Morgan fingerprint density at radius 2 is 1.83 bits per heavy atom. The Morgan fingerprint density at radius 3 is 2.42 bits per heavy atom. The maximum atomic E-state index is 14.1. The van der Waals surface area contributed by atoms with Gasteiger partial charge in [0.2, 0.25) is 0 Å². The molecule has 0 aromatic heterocycles. The van der Waals surface area contributed by atoms with Gasteiger partial charge in [-0.25, -0.2) is 13.6 Å². The highest BCUT2D eigenvalue weighted by Crippen LogP contribution is 2.27. The zero-order valence-corrected chi connectivity index (χ0v) is 13.1. The summed E-state index contributed by atoms with van der Waals surface area (Å²) in [5.74, 6) is -2.60. The molecule has 0 spiro atoms. The van der Waals surface area contributed by atoms with E-state index in [2.05, 4.69) is 10.1 Å². The van der Waals surface area contributed by atoms with Gasteiger partial charge in [0.15, 0.2) is 6.61 Å². The highest BCUT2D eigenvalue weighted by Gasteiger charge is 2.16. The van der Waals surface area contributed by atoms with E-state index in [1.807, 2.05) is 0 Å². The molecule has 0 aliphatic rings. The van der Waals surface area contributed by atoms with E-state index >= 15 is 0 Å². The molecule has 0 saturated heterocycles. The number of halogens is 2. The minimum atomic E-state index is -0.974. The van der Waals surface area contributed by atoms with E-state index in [0.717, 1.165) is 6.07 Å². The van der Waals surface area contributed by atoms with Crippen LogP contribution < -0.4 is 10.1 Å². The van der Waals surface area contributed by atoms with Gasteiger partial charge >= 0.3 is 5.97 Å². The van der Waals surface area contributed by atoms with E-state index in [-0.39, 0.29) is 16.7 Å². The molecule has 2 rings (SSSR count). The largest absolute Gasteiger partial charge is 0.497 e. The second-order valence-electron chi connectivity index (χ2n) is 4.79. The molecule has 126 valence electrons. The van der Waals surface area contributed by atoms with Gasteiger partial charge in [0.25, 0.3) is 5.91 Å². The fourth-order valence-corrected chi connectivity index (χ4v) is 1.99. The third-order valence-electron chi connectivity index (χ3n) is 3.29. The summed E-state index contributed by atoms with van der Waals surface area (Å²) in [6.07, 6.45) is 0. The molecule has 5 nitrogen and oxygen atoms in total. The minimum absolute atomic E-state index is 0.167. The van der Waals surface area contributed by atoms with Crippen molar-refractivity contribution in [2.75, 3.05) is 20.8 Å². The molecule has 0 atom stereocenters. The van der Waals surface area contributed by atoms with Crippen LogP contribution >= 0.6 is 0 Å². The van der Waals surface area contributed by atoms with Gasteiger partial charge in [-0.2, -0.15) is 0 Å². The zero-order valence-electron chi connectivity index (χ0n) is 13.1. The summed E-state index contributed by atoms with van der Waals surface area (Å²) >= 11 is 0. The summed E-state index contributed by atoms with van der Waals surface area (Å²) in [5.41, 5.74) is 0.0899. The predicted molar refractivity (Wildman–Crippen MR) is 82.7 cm³/mol.